The molecule has 3 heterocycles. The average molecular weight is 447 g/mol. The van der Waals surface area contributed by atoms with Gasteiger partial charge in [0.25, 0.3) is 0 Å². The van der Waals surface area contributed by atoms with Crippen LogP contribution in [0.5, 0.6) is 0 Å². The summed E-state index contributed by atoms with van der Waals surface area (Å²) in [7, 11) is 0. The quantitative estimate of drug-likeness (QED) is 0.690. The van der Waals surface area contributed by atoms with Crippen molar-refractivity contribution in [2.75, 3.05) is 24.5 Å². The molecule has 5 rings (SSSR count). The van der Waals surface area contributed by atoms with Gasteiger partial charge in [-0.15, -0.1) is 0 Å². The highest BCUT2D eigenvalue weighted by Crippen LogP contribution is 2.34. The van der Waals surface area contributed by atoms with E-state index in [9.17, 15) is 9.59 Å². The van der Waals surface area contributed by atoms with Gasteiger partial charge in [-0.2, -0.15) is 0 Å². The molecule has 1 atom stereocenters. The normalized spacial score (nSPS) is 21.4. The number of likely N-dealkylation sites (tertiary alicyclic amines) is 1. The Kier molecular flexibility index (Phi) is 6.43. The molecule has 6 heteroatoms. The first-order valence-electron chi connectivity index (χ1n) is 12.6. The number of fused-ring (bicyclic) bond motifs is 1. The molecule has 0 spiro atoms. The fourth-order valence-corrected chi connectivity index (χ4v) is 5.68. The van der Waals surface area contributed by atoms with E-state index in [0.29, 0.717) is 25.3 Å². The zero-order chi connectivity index (χ0) is 22.8. The Hall–Kier alpha value is -2.76. The molecule has 1 saturated carbocycles. The molecule has 2 fully saturated rings. The molecular weight excluding hydrogens is 412 g/mol. The Labute approximate surface area is 196 Å². The maximum atomic E-state index is 12.9. The highest BCUT2D eigenvalue weighted by Gasteiger charge is 2.34. The minimum absolute atomic E-state index is 0.127. The van der Waals surface area contributed by atoms with Crippen LogP contribution in [-0.2, 0) is 22.4 Å². The van der Waals surface area contributed by atoms with Crippen molar-refractivity contribution in [3.05, 3.63) is 53.0 Å². The average Bonchev–Trinajstić information content (AvgIpc) is 3.33. The summed E-state index contributed by atoms with van der Waals surface area (Å²) in [5.41, 5.74) is 3.16. The van der Waals surface area contributed by atoms with Gasteiger partial charge in [0.1, 0.15) is 11.6 Å². The molecule has 2 aromatic rings. The molecular formula is C27H34N4O2. The lowest BCUT2D eigenvalue weighted by atomic mass is 9.88. The largest absolute Gasteiger partial charge is 0.342 e. The van der Waals surface area contributed by atoms with Crippen molar-refractivity contribution >= 4 is 17.6 Å². The number of hydrogen-bond acceptors (Lipinski definition) is 4. The lowest BCUT2D eigenvalue weighted by Gasteiger charge is -2.33. The van der Waals surface area contributed by atoms with Crippen LogP contribution in [0.3, 0.4) is 0 Å². The van der Waals surface area contributed by atoms with E-state index >= 15 is 0 Å². The van der Waals surface area contributed by atoms with E-state index in [1.54, 1.807) is 0 Å². The molecule has 0 bridgehead atoms. The number of carbonyl (C=O) groups is 2. The number of benzene rings is 1. The third-order valence-electron chi connectivity index (χ3n) is 7.62. The van der Waals surface area contributed by atoms with Crippen LogP contribution in [0.25, 0.3) is 0 Å². The minimum atomic E-state index is 0.127. The summed E-state index contributed by atoms with van der Waals surface area (Å²) in [5.74, 6) is 2.70. The molecule has 33 heavy (non-hydrogen) atoms. The minimum Gasteiger partial charge on any atom is -0.342 e. The SMILES string of the molecule is Cc1nc([C@H]2CCN(C(=O)Cc3ccccc3)C2)nc2c1CCC(=O)N2CC1CCCCC1. The second kappa shape index (κ2) is 9.62. The summed E-state index contributed by atoms with van der Waals surface area (Å²) in [5, 5.41) is 0. The summed E-state index contributed by atoms with van der Waals surface area (Å²) in [6, 6.07) is 9.91. The second-order valence-electron chi connectivity index (χ2n) is 9.97. The van der Waals surface area contributed by atoms with Crippen LogP contribution in [0.4, 0.5) is 5.82 Å². The van der Waals surface area contributed by atoms with Crippen molar-refractivity contribution in [3.63, 3.8) is 0 Å². The molecule has 6 nitrogen and oxygen atoms in total. The Bertz CT molecular complexity index is 1020. The van der Waals surface area contributed by atoms with Crippen LogP contribution in [0.2, 0.25) is 0 Å². The highest BCUT2D eigenvalue weighted by molar-refractivity contribution is 5.95. The van der Waals surface area contributed by atoms with Crippen LogP contribution >= 0.6 is 0 Å². The van der Waals surface area contributed by atoms with E-state index < -0.39 is 0 Å². The number of aryl methyl sites for hydroxylation is 1. The van der Waals surface area contributed by atoms with Gasteiger partial charge >= 0.3 is 0 Å². The van der Waals surface area contributed by atoms with Crippen molar-refractivity contribution in [1.29, 1.82) is 0 Å². The van der Waals surface area contributed by atoms with Crippen LogP contribution < -0.4 is 4.90 Å². The number of hydrogen-bond donors (Lipinski definition) is 0. The predicted octanol–water partition coefficient (Wildman–Crippen LogP) is 4.20. The molecule has 174 valence electrons. The number of rotatable bonds is 5. The molecule has 0 radical (unpaired) electrons. The van der Waals surface area contributed by atoms with Crippen molar-refractivity contribution in [2.24, 2.45) is 5.92 Å². The zero-order valence-corrected chi connectivity index (χ0v) is 19.6. The smallest absolute Gasteiger partial charge is 0.228 e. The van der Waals surface area contributed by atoms with Crippen LogP contribution in [0.1, 0.15) is 73.5 Å². The van der Waals surface area contributed by atoms with Gasteiger partial charge in [0, 0.05) is 43.2 Å². The van der Waals surface area contributed by atoms with E-state index in [4.69, 9.17) is 9.97 Å². The van der Waals surface area contributed by atoms with Gasteiger partial charge in [-0.1, -0.05) is 49.6 Å². The maximum Gasteiger partial charge on any atom is 0.228 e. The van der Waals surface area contributed by atoms with E-state index in [0.717, 1.165) is 54.4 Å². The highest BCUT2D eigenvalue weighted by atomic mass is 16.2. The molecule has 1 saturated heterocycles. The van der Waals surface area contributed by atoms with Gasteiger partial charge in [0.2, 0.25) is 11.8 Å². The fourth-order valence-electron chi connectivity index (χ4n) is 5.68. The monoisotopic (exact) mass is 446 g/mol. The first-order valence-corrected chi connectivity index (χ1v) is 12.6. The molecule has 1 aromatic carbocycles. The van der Waals surface area contributed by atoms with Gasteiger partial charge in [0.05, 0.1) is 6.42 Å². The van der Waals surface area contributed by atoms with Crippen molar-refractivity contribution in [1.82, 2.24) is 14.9 Å². The Morgan fingerprint density at radius 2 is 1.82 bits per heavy atom. The lowest BCUT2D eigenvalue weighted by molar-refractivity contribution is -0.129. The molecule has 3 aliphatic rings. The summed E-state index contributed by atoms with van der Waals surface area (Å²) in [6.45, 7) is 4.22. The summed E-state index contributed by atoms with van der Waals surface area (Å²) >= 11 is 0. The van der Waals surface area contributed by atoms with E-state index in [1.807, 2.05) is 47.1 Å². The van der Waals surface area contributed by atoms with Crippen molar-refractivity contribution in [3.8, 4) is 0 Å². The Balaban J connectivity index is 1.33. The van der Waals surface area contributed by atoms with Gasteiger partial charge in [-0.25, -0.2) is 9.97 Å². The number of anilines is 1. The molecule has 0 unspecified atom stereocenters. The van der Waals surface area contributed by atoms with Crippen molar-refractivity contribution < 1.29 is 9.59 Å². The summed E-state index contributed by atoms with van der Waals surface area (Å²) in [4.78, 5) is 39.5. The van der Waals surface area contributed by atoms with Gasteiger partial charge in [0.15, 0.2) is 0 Å². The van der Waals surface area contributed by atoms with E-state index in [-0.39, 0.29) is 17.7 Å². The van der Waals surface area contributed by atoms with E-state index in [1.165, 1.54) is 32.1 Å². The molecule has 2 amide bonds. The molecule has 0 N–H and O–H groups in total. The Morgan fingerprint density at radius 1 is 1.03 bits per heavy atom. The standard InChI is InChI=1S/C27H34N4O2/c1-19-23-12-13-24(32)31(17-21-10-6-3-7-11-21)27(23)29-26(28-19)22-14-15-30(18-22)25(33)16-20-8-4-2-5-9-20/h2,4-5,8-9,21-22H,3,6-7,10-18H2,1H3/t22-/m0/s1. The van der Waals surface area contributed by atoms with Crippen molar-refractivity contribution in [2.45, 2.75) is 70.6 Å². The van der Waals surface area contributed by atoms with Gasteiger partial charge in [-0.3, -0.25) is 14.5 Å². The topological polar surface area (TPSA) is 66.4 Å². The van der Waals surface area contributed by atoms with E-state index in [2.05, 4.69) is 0 Å². The van der Waals surface area contributed by atoms with Gasteiger partial charge < -0.3 is 4.90 Å². The fraction of sp³-hybridized carbons (Fsp3) is 0.556. The second-order valence-corrected chi connectivity index (χ2v) is 9.97. The summed E-state index contributed by atoms with van der Waals surface area (Å²) < 4.78 is 0. The maximum absolute atomic E-state index is 12.9. The molecule has 2 aliphatic heterocycles. The zero-order valence-electron chi connectivity index (χ0n) is 19.6. The molecule has 1 aromatic heterocycles. The van der Waals surface area contributed by atoms with Crippen LogP contribution in [0, 0.1) is 12.8 Å². The lowest BCUT2D eigenvalue weighted by Crippen LogP contribution is -2.40. The number of aromatic nitrogens is 2. The van der Waals surface area contributed by atoms with Crippen LogP contribution in [0.15, 0.2) is 30.3 Å². The third kappa shape index (κ3) is 4.80. The number of carbonyl (C=O) groups excluding carboxylic acids is 2. The molecule has 1 aliphatic carbocycles. The summed E-state index contributed by atoms with van der Waals surface area (Å²) in [6.07, 6.45) is 8.84. The van der Waals surface area contributed by atoms with Gasteiger partial charge in [-0.05, 0) is 44.1 Å². The predicted molar refractivity (Wildman–Crippen MR) is 128 cm³/mol. The Morgan fingerprint density at radius 3 is 2.61 bits per heavy atom. The number of nitrogens with zero attached hydrogens (tertiary/aromatic N) is 4. The van der Waals surface area contributed by atoms with Crippen LogP contribution in [-0.4, -0.2) is 46.3 Å². The first kappa shape index (κ1) is 22.1. The first-order chi connectivity index (χ1) is 16.1. The third-order valence-corrected chi connectivity index (χ3v) is 7.62. The number of amides is 2.